The minimum atomic E-state index is -2.83. The Morgan fingerprint density at radius 1 is 1.36 bits per heavy atom. The number of nitrogens with one attached hydrogen (secondary N) is 1. The molecule has 5 nitrogen and oxygen atoms in total. The van der Waals surface area contributed by atoms with E-state index in [0.29, 0.717) is 18.4 Å². The Balaban J connectivity index is 1.73. The van der Waals surface area contributed by atoms with Crippen molar-refractivity contribution in [2.24, 2.45) is 0 Å². The molecule has 1 N–H and O–H groups in total. The first-order valence-corrected chi connectivity index (χ1v) is 9.23. The third kappa shape index (κ3) is 4.35. The standard InChI is InChI=1S/C21H23F2N3O2/c1-20(6-2-16(14-27)3-7-20)26-11-5-18-12-17(13-25-19(18)26)4-8-21(22,23)9-10-24-15-28/h2-3,5-6,11-15H,4,7-10H2,1H3,(H,24,28). The Labute approximate surface area is 162 Å². The predicted octanol–water partition coefficient (Wildman–Crippen LogP) is 3.54. The fourth-order valence-electron chi connectivity index (χ4n) is 3.39. The summed E-state index contributed by atoms with van der Waals surface area (Å²) < 4.78 is 29.8. The van der Waals surface area contributed by atoms with Gasteiger partial charge in [0.15, 0.2) is 0 Å². The fraction of sp³-hybridized carbons (Fsp3) is 0.381. The summed E-state index contributed by atoms with van der Waals surface area (Å²) in [6, 6.07) is 3.82. The second kappa shape index (κ2) is 8.04. The number of pyridine rings is 1. The van der Waals surface area contributed by atoms with Gasteiger partial charge in [-0.25, -0.2) is 13.8 Å². The topological polar surface area (TPSA) is 64.0 Å². The van der Waals surface area contributed by atoms with Crippen LogP contribution >= 0.6 is 0 Å². The molecule has 0 spiro atoms. The normalized spacial score (nSPS) is 19.5. The molecule has 1 unspecified atom stereocenters. The number of aromatic nitrogens is 2. The van der Waals surface area contributed by atoms with E-state index in [0.717, 1.165) is 22.9 Å². The zero-order valence-corrected chi connectivity index (χ0v) is 15.7. The molecule has 1 atom stereocenters. The monoisotopic (exact) mass is 387 g/mol. The number of aldehydes is 1. The first-order valence-electron chi connectivity index (χ1n) is 9.23. The first-order chi connectivity index (χ1) is 13.4. The van der Waals surface area contributed by atoms with E-state index in [1.807, 2.05) is 35.0 Å². The molecule has 1 amide bonds. The second-order valence-electron chi connectivity index (χ2n) is 7.34. The highest BCUT2D eigenvalue weighted by atomic mass is 19.3. The van der Waals surface area contributed by atoms with Gasteiger partial charge in [-0.2, -0.15) is 0 Å². The molecular weight excluding hydrogens is 364 g/mol. The SMILES string of the molecule is CC1(n2ccc3cc(CCC(F)(F)CCNC=O)cnc32)C=CC(C=O)=CC1. The van der Waals surface area contributed by atoms with E-state index in [-0.39, 0.29) is 31.3 Å². The van der Waals surface area contributed by atoms with Gasteiger partial charge in [-0.1, -0.05) is 18.2 Å². The molecular formula is C21H23F2N3O2. The summed E-state index contributed by atoms with van der Waals surface area (Å²) in [6.45, 7) is 2.02. The van der Waals surface area contributed by atoms with E-state index in [1.165, 1.54) is 0 Å². The lowest BCUT2D eigenvalue weighted by Crippen LogP contribution is -2.28. The number of allylic oxidation sites excluding steroid dienone is 4. The minimum Gasteiger partial charge on any atom is -0.358 e. The third-order valence-corrected chi connectivity index (χ3v) is 5.15. The summed E-state index contributed by atoms with van der Waals surface area (Å²) in [5.41, 5.74) is 1.86. The molecule has 2 heterocycles. The summed E-state index contributed by atoms with van der Waals surface area (Å²) in [5, 5.41) is 3.16. The van der Waals surface area contributed by atoms with Crippen LogP contribution in [0.4, 0.5) is 8.78 Å². The van der Waals surface area contributed by atoms with Crippen LogP contribution in [0.3, 0.4) is 0 Å². The van der Waals surface area contributed by atoms with Crippen molar-refractivity contribution < 1.29 is 18.4 Å². The number of nitrogens with zero attached hydrogens (tertiary/aromatic N) is 2. The largest absolute Gasteiger partial charge is 0.358 e. The van der Waals surface area contributed by atoms with Crippen LogP contribution in [0.25, 0.3) is 11.0 Å². The number of hydrogen-bond acceptors (Lipinski definition) is 3. The highest BCUT2D eigenvalue weighted by Gasteiger charge is 2.28. The molecule has 1 aliphatic carbocycles. The van der Waals surface area contributed by atoms with Gasteiger partial charge in [-0.15, -0.1) is 0 Å². The number of halogens is 2. The molecule has 7 heteroatoms. The van der Waals surface area contributed by atoms with Gasteiger partial charge in [0.05, 0.1) is 5.54 Å². The van der Waals surface area contributed by atoms with E-state index >= 15 is 0 Å². The average molecular weight is 387 g/mol. The van der Waals surface area contributed by atoms with Crippen LogP contribution in [0.1, 0.15) is 31.7 Å². The van der Waals surface area contributed by atoms with Crippen molar-refractivity contribution in [3.05, 3.63) is 53.9 Å². The van der Waals surface area contributed by atoms with Crippen molar-refractivity contribution in [3.8, 4) is 0 Å². The van der Waals surface area contributed by atoms with E-state index < -0.39 is 5.92 Å². The van der Waals surface area contributed by atoms with E-state index in [4.69, 9.17) is 0 Å². The van der Waals surface area contributed by atoms with Crippen molar-refractivity contribution in [1.82, 2.24) is 14.9 Å². The maximum absolute atomic E-state index is 13.9. The summed E-state index contributed by atoms with van der Waals surface area (Å²) >= 11 is 0. The van der Waals surface area contributed by atoms with Crippen molar-refractivity contribution >= 4 is 23.7 Å². The molecule has 2 aromatic heterocycles. The van der Waals surface area contributed by atoms with Gasteiger partial charge in [-0.05, 0) is 37.5 Å². The van der Waals surface area contributed by atoms with Gasteiger partial charge in [0, 0.05) is 42.7 Å². The molecule has 3 rings (SSSR count). The number of hydrogen-bond donors (Lipinski definition) is 1. The molecule has 0 aliphatic heterocycles. The molecule has 1 aliphatic rings. The van der Waals surface area contributed by atoms with Gasteiger partial charge in [-0.3, -0.25) is 9.59 Å². The van der Waals surface area contributed by atoms with Gasteiger partial charge < -0.3 is 9.88 Å². The Morgan fingerprint density at radius 3 is 2.86 bits per heavy atom. The highest BCUT2D eigenvalue weighted by Crippen LogP contribution is 2.32. The van der Waals surface area contributed by atoms with Crippen molar-refractivity contribution in [2.75, 3.05) is 6.54 Å². The lowest BCUT2D eigenvalue weighted by Gasteiger charge is -2.30. The Morgan fingerprint density at radius 2 is 2.18 bits per heavy atom. The molecule has 0 fully saturated rings. The number of carbonyl (C=O) groups is 2. The molecule has 28 heavy (non-hydrogen) atoms. The Kier molecular flexibility index (Phi) is 5.72. The summed E-state index contributed by atoms with van der Waals surface area (Å²) in [4.78, 5) is 25.6. The lowest BCUT2D eigenvalue weighted by molar-refractivity contribution is -0.110. The maximum atomic E-state index is 13.9. The zero-order chi connectivity index (χ0) is 20.2. The average Bonchev–Trinajstić information content (AvgIpc) is 3.11. The number of amides is 1. The molecule has 0 radical (unpaired) electrons. The van der Waals surface area contributed by atoms with Crippen molar-refractivity contribution in [1.29, 1.82) is 0 Å². The molecule has 2 aromatic rings. The number of rotatable bonds is 9. The highest BCUT2D eigenvalue weighted by molar-refractivity contribution is 5.79. The Bertz CT molecular complexity index is 933. The van der Waals surface area contributed by atoms with Crippen LogP contribution < -0.4 is 5.32 Å². The molecule has 0 saturated carbocycles. The molecule has 0 bridgehead atoms. The van der Waals surface area contributed by atoms with Crippen molar-refractivity contribution in [3.63, 3.8) is 0 Å². The van der Waals surface area contributed by atoms with Crippen LogP contribution in [0.2, 0.25) is 0 Å². The molecule has 148 valence electrons. The molecule has 0 aromatic carbocycles. The van der Waals surface area contributed by atoms with E-state index in [9.17, 15) is 18.4 Å². The van der Waals surface area contributed by atoms with Gasteiger partial charge in [0.25, 0.3) is 0 Å². The van der Waals surface area contributed by atoms with E-state index in [2.05, 4.69) is 17.2 Å². The van der Waals surface area contributed by atoms with Crippen LogP contribution in [0.5, 0.6) is 0 Å². The zero-order valence-electron chi connectivity index (χ0n) is 15.7. The Hall–Kier alpha value is -2.83. The summed E-state index contributed by atoms with van der Waals surface area (Å²) in [7, 11) is 0. The smallest absolute Gasteiger partial charge is 0.250 e. The van der Waals surface area contributed by atoms with Crippen LogP contribution in [-0.4, -0.2) is 34.7 Å². The second-order valence-corrected chi connectivity index (χ2v) is 7.34. The van der Waals surface area contributed by atoms with Crippen LogP contribution in [0, 0.1) is 0 Å². The van der Waals surface area contributed by atoms with Gasteiger partial charge in [0.2, 0.25) is 12.3 Å². The number of fused-ring (bicyclic) bond motifs is 1. The van der Waals surface area contributed by atoms with Crippen molar-refractivity contribution in [2.45, 2.75) is 44.1 Å². The van der Waals surface area contributed by atoms with E-state index in [1.54, 1.807) is 12.3 Å². The number of carbonyl (C=O) groups excluding carboxylic acids is 2. The van der Waals surface area contributed by atoms with Gasteiger partial charge in [0.1, 0.15) is 11.9 Å². The fourth-order valence-corrected chi connectivity index (χ4v) is 3.39. The summed E-state index contributed by atoms with van der Waals surface area (Å²) in [5.74, 6) is -2.83. The minimum absolute atomic E-state index is 0.0387. The lowest BCUT2D eigenvalue weighted by atomic mass is 9.90. The predicted molar refractivity (Wildman–Crippen MR) is 103 cm³/mol. The third-order valence-electron chi connectivity index (χ3n) is 5.15. The summed E-state index contributed by atoms with van der Waals surface area (Å²) in [6.07, 6.45) is 10.7. The van der Waals surface area contributed by atoms with Crippen LogP contribution in [-0.2, 0) is 21.5 Å². The maximum Gasteiger partial charge on any atom is 0.250 e. The number of alkyl halides is 2. The van der Waals surface area contributed by atoms with Gasteiger partial charge >= 0.3 is 0 Å². The molecule has 0 saturated heterocycles. The quantitative estimate of drug-likeness (QED) is 0.529. The number of aryl methyl sites for hydroxylation is 1. The first kappa shape index (κ1) is 19.9. The van der Waals surface area contributed by atoms with Crippen LogP contribution in [0.15, 0.2) is 48.3 Å².